The van der Waals surface area contributed by atoms with Crippen molar-refractivity contribution in [1.82, 2.24) is 10.1 Å². The fraction of sp³-hybridized carbons (Fsp3) is 0. The first kappa shape index (κ1) is 13.1. The molecular weight excluding hydrogens is 342 g/mol. The Morgan fingerprint density at radius 2 is 1.90 bits per heavy atom. The second-order valence-corrected chi connectivity index (χ2v) is 5.46. The zero-order valence-electron chi connectivity index (χ0n) is 10.2. The average Bonchev–Trinajstić information content (AvgIpc) is 2.91. The van der Waals surface area contributed by atoms with Gasteiger partial charge in [0.15, 0.2) is 0 Å². The molecule has 1 heterocycles. The lowest BCUT2D eigenvalue weighted by Crippen LogP contribution is -1.90. The summed E-state index contributed by atoms with van der Waals surface area (Å²) in [5.74, 6) is 0.795. The Bertz CT molecular complexity index is 773. The molecule has 0 atom stereocenters. The van der Waals surface area contributed by atoms with Crippen LogP contribution in [-0.2, 0) is 0 Å². The number of benzene rings is 2. The molecule has 0 radical (unpaired) electrons. The number of aromatic nitrogens is 2. The number of anilines is 1. The van der Waals surface area contributed by atoms with Crippen molar-refractivity contribution < 1.29 is 4.52 Å². The molecule has 0 aliphatic heterocycles. The van der Waals surface area contributed by atoms with Crippen LogP contribution in [-0.4, -0.2) is 10.1 Å². The molecule has 20 heavy (non-hydrogen) atoms. The van der Waals surface area contributed by atoms with Gasteiger partial charge in [0, 0.05) is 15.7 Å². The predicted molar refractivity (Wildman–Crippen MR) is 82.3 cm³/mol. The van der Waals surface area contributed by atoms with Crippen LogP contribution in [0, 0.1) is 0 Å². The third-order valence-corrected chi connectivity index (χ3v) is 3.61. The maximum atomic E-state index is 6.12. The lowest BCUT2D eigenvalue weighted by Gasteiger charge is -2.00. The van der Waals surface area contributed by atoms with E-state index in [-0.39, 0.29) is 0 Å². The highest BCUT2D eigenvalue weighted by atomic mass is 79.9. The van der Waals surface area contributed by atoms with Gasteiger partial charge < -0.3 is 10.3 Å². The number of nitrogen functional groups attached to an aromatic ring is 1. The molecule has 0 bridgehead atoms. The highest BCUT2D eigenvalue weighted by molar-refractivity contribution is 9.10. The van der Waals surface area contributed by atoms with Crippen LogP contribution in [0.3, 0.4) is 0 Å². The molecule has 0 unspecified atom stereocenters. The van der Waals surface area contributed by atoms with Crippen LogP contribution in [0.1, 0.15) is 0 Å². The van der Waals surface area contributed by atoms with E-state index in [9.17, 15) is 0 Å². The van der Waals surface area contributed by atoms with Crippen molar-refractivity contribution in [3.05, 3.63) is 52.0 Å². The normalized spacial score (nSPS) is 10.7. The SMILES string of the molecule is Nc1ccc(Br)cc1-c1nc(-c2ccccc2Cl)no1. The van der Waals surface area contributed by atoms with Gasteiger partial charge in [-0.25, -0.2) is 0 Å². The van der Waals surface area contributed by atoms with E-state index in [4.69, 9.17) is 21.9 Å². The Balaban J connectivity index is 2.07. The highest BCUT2D eigenvalue weighted by Crippen LogP contribution is 2.31. The Labute approximate surface area is 128 Å². The number of hydrogen-bond donors (Lipinski definition) is 1. The molecule has 3 aromatic rings. The van der Waals surface area contributed by atoms with Gasteiger partial charge in [0.25, 0.3) is 5.89 Å². The van der Waals surface area contributed by atoms with Gasteiger partial charge >= 0.3 is 0 Å². The van der Waals surface area contributed by atoms with Gasteiger partial charge in [-0.05, 0) is 30.3 Å². The number of nitrogens with zero attached hydrogens (tertiary/aromatic N) is 2. The van der Waals surface area contributed by atoms with Crippen LogP contribution in [0.4, 0.5) is 5.69 Å². The fourth-order valence-electron chi connectivity index (χ4n) is 1.80. The smallest absolute Gasteiger partial charge is 0.260 e. The molecule has 0 fully saturated rings. The van der Waals surface area contributed by atoms with Crippen molar-refractivity contribution in [3.63, 3.8) is 0 Å². The van der Waals surface area contributed by atoms with E-state index in [1.807, 2.05) is 30.3 Å². The average molecular weight is 351 g/mol. The standard InChI is InChI=1S/C14H9BrClN3O/c15-8-5-6-12(17)10(7-8)14-18-13(19-20-14)9-3-1-2-4-11(9)16/h1-7H,17H2. The number of rotatable bonds is 2. The van der Waals surface area contributed by atoms with Crippen LogP contribution < -0.4 is 5.73 Å². The zero-order chi connectivity index (χ0) is 14.1. The summed E-state index contributed by atoms with van der Waals surface area (Å²) in [4.78, 5) is 4.35. The minimum Gasteiger partial charge on any atom is -0.398 e. The van der Waals surface area contributed by atoms with Crippen LogP contribution in [0.2, 0.25) is 5.02 Å². The summed E-state index contributed by atoms with van der Waals surface area (Å²) in [6.45, 7) is 0. The Morgan fingerprint density at radius 1 is 1.10 bits per heavy atom. The van der Waals surface area contributed by atoms with Gasteiger partial charge in [0.05, 0.1) is 10.6 Å². The van der Waals surface area contributed by atoms with Crippen molar-refractivity contribution in [2.45, 2.75) is 0 Å². The molecule has 2 N–H and O–H groups in total. The van der Waals surface area contributed by atoms with Crippen molar-refractivity contribution in [2.75, 3.05) is 5.73 Å². The zero-order valence-corrected chi connectivity index (χ0v) is 12.5. The molecule has 6 heteroatoms. The lowest BCUT2D eigenvalue weighted by molar-refractivity contribution is 0.432. The van der Waals surface area contributed by atoms with Gasteiger partial charge in [-0.2, -0.15) is 4.98 Å². The van der Waals surface area contributed by atoms with Crippen LogP contribution in [0.15, 0.2) is 51.5 Å². The first-order chi connectivity index (χ1) is 9.65. The molecule has 100 valence electrons. The minimum absolute atomic E-state index is 0.360. The lowest BCUT2D eigenvalue weighted by atomic mass is 10.2. The van der Waals surface area contributed by atoms with E-state index in [0.717, 1.165) is 10.0 Å². The number of halogens is 2. The van der Waals surface area contributed by atoms with Crippen molar-refractivity contribution in [2.24, 2.45) is 0 Å². The van der Waals surface area contributed by atoms with Crippen LogP contribution >= 0.6 is 27.5 Å². The van der Waals surface area contributed by atoms with E-state index in [1.54, 1.807) is 12.1 Å². The van der Waals surface area contributed by atoms with Crippen LogP contribution in [0.25, 0.3) is 22.8 Å². The van der Waals surface area contributed by atoms with Crippen molar-refractivity contribution in [3.8, 4) is 22.8 Å². The molecule has 0 saturated carbocycles. The maximum absolute atomic E-state index is 6.12. The molecule has 1 aromatic heterocycles. The van der Waals surface area contributed by atoms with E-state index >= 15 is 0 Å². The Morgan fingerprint density at radius 3 is 2.70 bits per heavy atom. The quantitative estimate of drug-likeness (QED) is 0.696. The topological polar surface area (TPSA) is 64.9 Å². The van der Waals surface area contributed by atoms with E-state index in [0.29, 0.717) is 28.0 Å². The van der Waals surface area contributed by atoms with Crippen molar-refractivity contribution >= 4 is 33.2 Å². The highest BCUT2D eigenvalue weighted by Gasteiger charge is 2.14. The molecule has 3 rings (SSSR count). The third-order valence-electron chi connectivity index (χ3n) is 2.79. The molecular formula is C14H9BrClN3O. The van der Waals surface area contributed by atoms with Gasteiger partial charge in [0.1, 0.15) is 0 Å². The second kappa shape index (κ2) is 5.26. The summed E-state index contributed by atoms with van der Waals surface area (Å²) in [6, 6.07) is 12.8. The summed E-state index contributed by atoms with van der Waals surface area (Å²) < 4.78 is 6.16. The Hall–Kier alpha value is -1.85. The van der Waals surface area contributed by atoms with E-state index in [1.165, 1.54) is 0 Å². The monoisotopic (exact) mass is 349 g/mol. The molecule has 2 aromatic carbocycles. The summed E-state index contributed by atoms with van der Waals surface area (Å²) in [5, 5.41) is 4.52. The first-order valence-electron chi connectivity index (χ1n) is 5.79. The molecule has 4 nitrogen and oxygen atoms in total. The second-order valence-electron chi connectivity index (χ2n) is 4.13. The van der Waals surface area contributed by atoms with Crippen LogP contribution in [0.5, 0.6) is 0 Å². The predicted octanol–water partition coefficient (Wildman–Crippen LogP) is 4.40. The van der Waals surface area contributed by atoms with Gasteiger partial charge in [-0.15, -0.1) is 0 Å². The summed E-state index contributed by atoms with van der Waals surface area (Å²) in [5.41, 5.74) is 7.90. The maximum Gasteiger partial charge on any atom is 0.260 e. The van der Waals surface area contributed by atoms with Gasteiger partial charge in [-0.1, -0.05) is 44.8 Å². The fourth-order valence-corrected chi connectivity index (χ4v) is 2.38. The summed E-state index contributed by atoms with van der Waals surface area (Å²) in [6.07, 6.45) is 0. The summed E-state index contributed by atoms with van der Waals surface area (Å²) >= 11 is 9.51. The van der Waals surface area contributed by atoms with Gasteiger partial charge in [-0.3, -0.25) is 0 Å². The Kier molecular flexibility index (Phi) is 3.46. The number of nitrogens with two attached hydrogens (primary N) is 1. The minimum atomic E-state index is 0.360. The molecule has 0 amide bonds. The molecule has 0 aliphatic rings. The number of hydrogen-bond acceptors (Lipinski definition) is 4. The van der Waals surface area contributed by atoms with Gasteiger partial charge in [0.2, 0.25) is 5.82 Å². The first-order valence-corrected chi connectivity index (χ1v) is 6.96. The summed E-state index contributed by atoms with van der Waals surface area (Å²) in [7, 11) is 0. The van der Waals surface area contributed by atoms with Crippen molar-refractivity contribution in [1.29, 1.82) is 0 Å². The molecule has 0 saturated heterocycles. The van der Waals surface area contributed by atoms with E-state index < -0.39 is 0 Å². The third kappa shape index (κ3) is 2.42. The molecule has 0 aliphatic carbocycles. The molecule has 0 spiro atoms. The van der Waals surface area contributed by atoms with E-state index in [2.05, 4.69) is 26.1 Å². The largest absolute Gasteiger partial charge is 0.398 e.